The van der Waals surface area contributed by atoms with E-state index in [2.05, 4.69) is 15.6 Å². The maximum absolute atomic E-state index is 13.0. The number of amides is 2. The summed E-state index contributed by atoms with van der Waals surface area (Å²) in [6.07, 6.45) is 3.71. The summed E-state index contributed by atoms with van der Waals surface area (Å²) in [6.45, 7) is 2.03. The van der Waals surface area contributed by atoms with Crippen LogP contribution < -0.4 is 15.4 Å². The fraction of sp³-hybridized carbons (Fsp3) is 0.278. The van der Waals surface area contributed by atoms with Gasteiger partial charge in [0.1, 0.15) is 11.6 Å². The van der Waals surface area contributed by atoms with Gasteiger partial charge in [0.25, 0.3) is 0 Å². The van der Waals surface area contributed by atoms with E-state index >= 15 is 0 Å². The number of rotatable bonds is 7. The van der Waals surface area contributed by atoms with Crippen LogP contribution in [0.3, 0.4) is 0 Å². The third-order valence-corrected chi connectivity index (χ3v) is 3.41. The molecule has 0 saturated carbocycles. The van der Waals surface area contributed by atoms with Gasteiger partial charge in [-0.2, -0.15) is 0 Å². The van der Waals surface area contributed by atoms with Gasteiger partial charge in [0.05, 0.1) is 37.3 Å². The van der Waals surface area contributed by atoms with Crippen molar-refractivity contribution in [1.82, 2.24) is 10.3 Å². The molecule has 0 radical (unpaired) electrons. The van der Waals surface area contributed by atoms with Gasteiger partial charge in [-0.1, -0.05) is 19.1 Å². The van der Waals surface area contributed by atoms with Crippen molar-refractivity contribution in [3.8, 4) is 5.75 Å². The smallest absolute Gasteiger partial charge is 0.313 e. The van der Waals surface area contributed by atoms with Crippen LogP contribution in [0.2, 0.25) is 0 Å². The molecule has 2 rings (SSSR count). The van der Waals surface area contributed by atoms with Crippen molar-refractivity contribution in [3.63, 3.8) is 0 Å². The van der Waals surface area contributed by atoms with Crippen LogP contribution in [0.15, 0.2) is 42.7 Å². The Hall–Kier alpha value is -3.00. The number of nitrogens with zero attached hydrogens (tertiary/aromatic N) is 1. The Balaban J connectivity index is 1.98. The van der Waals surface area contributed by atoms with Gasteiger partial charge in [0.2, 0.25) is 0 Å². The minimum Gasteiger partial charge on any atom is -0.492 e. The van der Waals surface area contributed by atoms with Crippen LogP contribution in [0, 0.1) is 5.82 Å². The molecule has 3 N–H and O–H groups in total. The van der Waals surface area contributed by atoms with E-state index in [1.54, 1.807) is 6.07 Å². The minimum atomic E-state index is -0.937. The number of hydrogen-bond acceptors (Lipinski definition) is 5. The number of hydrogen-bond donors (Lipinski definition) is 3. The van der Waals surface area contributed by atoms with E-state index in [1.165, 1.54) is 36.7 Å². The molecular weight excluding hydrogens is 341 g/mol. The summed E-state index contributed by atoms with van der Waals surface area (Å²) in [4.78, 5) is 28.0. The zero-order valence-corrected chi connectivity index (χ0v) is 14.2. The number of anilines is 1. The van der Waals surface area contributed by atoms with Crippen LogP contribution in [0.5, 0.6) is 5.75 Å². The average molecular weight is 361 g/mol. The molecule has 1 aromatic heterocycles. The van der Waals surface area contributed by atoms with E-state index in [0.29, 0.717) is 23.6 Å². The summed E-state index contributed by atoms with van der Waals surface area (Å²) in [7, 11) is 0. The standard InChI is InChI=1S/C18H20FN3O4/c1-2-7-26-15-8-14(9-20-10-15)21-17(24)18(25)22-16(11-23)12-3-5-13(19)6-4-12/h3-6,8-10,16,23H,2,7,11H2,1H3,(H,21,24)(H,22,25). The Kier molecular flexibility index (Phi) is 7.04. The van der Waals surface area contributed by atoms with Crippen LogP contribution in [-0.4, -0.2) is 35.1 Å². The molecule has 0 aliphatic carbocycles. The molecule has 0 aliphatic heterocycles. The zero-order chi connectivity index (χ0) is 18.9. The molecule has 0 aliphatic rings. The molecule has 7 nitrogen and oxygen atoms in total. The van der Waals surface area contributed by atoms with Crippen molar-refractivity contribution in [3.05, 3.63) is 54.1 Å². The van der Waals surface area contributed by atoms with E-state index in [1.807, 2.05) is 6.92 Å². The highest BCUT2D eigenvalue weighted by atomic mass is 19.1. The highest BCUT2D eigenvalue weighted by Crippen LogP contribution is 2.16. The summed E-state index contributed by atoms with van der Waals surface area (Å²) in [5, 5.41) is 14.2. The van der Waals surface area contributed by atoms with Gasteiger partial charge in [-0.05, 0) is 24.1 Å². The fourth-order valence-electron chi connectivity index (χ4n) is 2.13. The van der Waals surface area contributed by atoms with Crippen LogP contribution in [0.4, 0.5) is 10.1 Å². The molecule has 26 heavy (non-hydrogen) atoms. The highest BCUT2D eigenvalue weighted by Gasteiger charge is 2.20. The molecule has 2 amide bonds. The molecule has 1 aromatic carbocycles. The van der Waals surface area contributed by atoms with Gasteiger partial charge < -0.3 is 20.5 Å². The lowest BCUT2D eigenvalue weighted by Gasteiger charge is -2.16. The molecule has 1 atom stereocenters. The van der Waals surface area contributed by atoms with Crippen molar-refractivity contribution < 1.29 is 23.8 Å². The lowest BCUT2D eigenvalue weighted by Crippen LogP contribution is -2.39. The van der Waals surface area contributed by atoms with Crippen LogP contribution >= 0.6 is 0 Å². The first-order chi connectivity index (χ1) is 12.5. The average Bonchev–Trinajstić information content (AvgIpc) is 2.65. The van der Waals surface area contributed by atoms with Crippen LogP contribution in [0.1, 0.15) is 24.9 Å². The van der Waals surface area contributed by atoms with Gasteiger partial charge in [0, 0.05) is 6.07 Å². The molecular formula is C18H20FN3O4. The summed E-state index contributed by atoms with van der Waals surface area (Å²) >= 11 is 0. The second kappa shape index (κ2) is 9.47. The van der Waals surface area contributed by atoms with Gasteiger partial charge in [-0.15, -0.1) is 0 Å². The molecule has 0 saturated heterocycles. The SMILES string of the molecule is CCCOc1cncc(NC(=O)C(=O)NC(CO)c2ccc(F)cc2)c1. The second-order valence-corrected chi connectivity index (χ2v) is 5.47. The van der Waals surface area contributed by atoms with E-state index in [0.717, 1.165) is 6.42 Å². The van der Waals surface area contributed by atoms with E-state index in [-0.39, 0.29) is 0 Å². The van der Waals surface area contributed by atoms with Crippen molar-refractivity contribution in [1.29, 1.82) is 0 Å². The van der Waals surface area contributed by atoms with Gasteiger partial charge in [-0.3, -0.25) is 14.6 Å². The molecule has 0 spiro atoms. The predicted molar refractivity (Wildman–Crippen MR) is 93.0 cm³/mol. The fourth-order valence-corrected chi connectivity index (χ4v) is 2.13. The van der Waals surface area contributed by atoms with Crippen molar-refractivity contribution in [2.75, 3.05) is 18.5 Å². The third kappa shape index (κ3) is 5.52. The number of nitrogens with one attached hydrogen (secondary N) is 2. The molecule has 0 bridgehead atoms. The Morgan fingerprint density at radius 1 is 1.23 bits per heavy atom. The third-order valence-electron chi connectivity index (χ3n) is 3.41. The Morgan fingerprint density at radius 3 is 2.62 bits per heavy atom. The quantitative estimate of drug-likeness (QED) is 0.653. The monoisotopic (exact) mass is 361 g/mol. The zero-order valence-electron chi connectivity index (χ0n) is 14.2. The number of aliphatic hydroxyl groups is 1. The number of aliphatic hydroxyl groups excluding tert-OH is 1. The Morgan fingerprint density at radius 2 is 1.96 bits per heavy atom. The summed E-state index contributed by atoms with van der Waals surface area (Å²) in [5.41, 5.74) is 0.785. The van der Waals surface area contributed by atoms with Gasteiger partial charge in [-0.25, -0.2) is 4.39 Å². The maximum atomic E-state index is 13.0. The number of benzene rings is 1. The molecule has 0 fully saturated rings. The van der Waals surface area contributed by atoms with Crippen molar-refractivity contribution >= 4 is 17.5 Å². The molecule has 8 heteroatoms. The minimum absolute atomic E-state index is 0.307. The van der Waals surface area contributed by atoms with Gasteiger partial charge in [0.15, 0.2) is 0 Å². The lowest BCUT2D eigenvalue weighted by molar-refractivity contribution is -0.136. The van der Waals surface area contributed by atoms with E-state index in [9.17, 15) is 19.1 Å². The van der Waals surface area contributed by atoms with Gasteiger partial charge >= 0.3 is 11.8 Å². The number of ether oxygens (including phenoxy) is 1. The number of pyridine rings is 1. The van der Waals surface area contributed by atoms with Crippen molar-refractivity contribution in [2.24, 2.45) is 0 Å². The maximum Gasteiger partial charge on any atom is 0.313 e. The number of aromatic nitrogens is 1. The second-order valence-electron chi connectivity index (χ2n) is 5.47. The summed E-state index contributed by atoms with van der Waals surface area (Å²) < 4.78 is 18.4. The predicted octanol–water partition coefficient (Wildman–Crippen LogP) is 1.80. The van der Waals surface area contributed by atoms with Crippen LogP contribution in [0.25, 0.3) is 0 Å². The first-order valence-electron chi connectivity index (χ1n) is 8.09. The molecule has 138 valence electrons. The highest BCUT2D eigenvalue weighted by molar-refractivity contribution is 6.39. The molecule has 2 aromatic rings. The first-order valence-corrected chi connectivity index (χ1v) is 8.09. The first kappa shape index (κ1) is 19.3. The number of carbonyl (C=O) groups is 2. The molecule has 1 unspecified atom stereocenters. The Labute approximate surface area is 150 Å². The Bertz CT molecular complexity index is 752. The topological polar surface area (TPSA) is 101 Å². The largest absolute Gasteiger partial charge is 0.492 e. The number of carbonyl (C=O) groups excluding carboxylic acids is 2. The summed E-state index contributed by atoms with van der Waals surface area (Å²) in [5.74, 6) is -1.81. The van der Waals surface area contributed by atoms with Crippen LogP contribution in [-0.2, 0) is 9.59 Å². The van der Waals surface area contributed by atoms with E-state index in [4.69, 9.17) is 4.74 Å². The number of halogens is 1. The lowest BCUT2D eigenvalue weighted by atomic mass is 10.1. The van der Waals surface area contributed by atoms with Crippen molar-refractivity contribution in [2.45, 2.75) is 19.4 Å². The van der Waals surface area contributed by atoms with E-state index < -0.39 is 30.3 Å². The normalized spacial score (nSPS) is 11.5. The molecule has 1 heterocycles. The summed E-state index contributed by atoms with van der Waals surface area (Å²) in [6, 6.07) is 5.98.